The average molecular weight is 228 g/mol. The van der Waals surface area contributed by atoms with Gasteiger partial charge in [-0.3, -0.25) is 0 Å². The summed E-state index contributed by atoms with van der Waals surface area (Å²) in [5.74, 6) is 0.925. The Morgan fingerprint density at radius 3 is 2.67 bits per heavy atom. The first-order valence-electron chi connectivity index (χ1n) is 5.22. The van der Waals surface area contributed by atoms with Gasteiger partial charge in [0.05, 0.1) is 7.11 Å². The Bertz CT molecular complexity index is 326. The van der Waals surface area contributed by atoms with E-state index in [0.29, 0.717) is 0 Å². The topological polar surface area (TPSA) is 35.2 Å². The molecule has 0 spiro atoms. The van der Waals surface area contributed by atoms with E-state index in [4.69, 9.17) is 22.1 Å². The lowest BCUT2D eigenvalue weighted by Crippen LogP contribution is -2.01. The predicted octanol–water partition coefficient (Wildman–Crippen LogP) is 2.94. The summed E-state index contributed by atoms with van der Waals surface area (Å²) < 4.78 is 5.32. The molecule has 0 amide bonds. The Morgan fingerprint density at radius 1 is 1.33 bits per heavy atom. The Labute approximate surface area is 96.4 Å². The van der Waals surface area contributed by atoms with Crippen LogP contribution in [0.4, 0.5) is 0 Å². The van der Waals surface area contributed by atoms with Gasteiger partial charge in [0.2, 0.25) is 0 Å². The minimum absolute atomic E-state index is 0.738. The summed E-state index contributed by atoms with van der Waals surface area (Å²) in [4.78, 5) is 0. The van der Waals surface area contributed by atoms with E-state index in [1.807, 2.05) is 19.1 Å². The molecule has 0 heterocycles. The largest absolute Gasteiger partial charge is 0.496 e. The predicted molar refractivity (Wildman–Crippen MR) is 64.7 cm³/mol. The third-order valence-corrected chi connectivity index (χ3v) is 3.00. The SMILES string of the molecule is COc1ccc(Cl)c(C)c1CCCCN. The third-order valence-electron chi connectivity index (χ3n) is 2.59. The molecular weight excluding hydrogens is 210 g/mol. The van der Waals surface area contributed by atoms with Crippen molar-refractivity contribution in [1.29, 1.82) is 0 Å². The number of hydrogen-bond acceptors (Lipinski definition) is 2. The zero-order valence-corrected chi connectivity index (χ0v) is 10.1. The summed E-state index contributed by atoms with van der Waals surface area (Å²) in [6, 6.07) is 3.80. The molecule has 0 aromatic heterocycles. The van der Waals surface area contributed by atoms with Crippen LogP contribution in [0.3, 0.4) is 0 Å². The molecule has 0 aliphatic carbocycles. The van der Waals surface area contributed by atoms with Crippen LogP contribution in [0.5, 0.6) is 5.75 Å². The van der Waals surface area contributed by atoms with Crippen LogP contribution in [-0.4, -0.2) is 13.7 Å². The zero-order chi connectivity index (χ0) is 11.3. The van der Waals surface area contributed by atoms with Gasteiger partial charge in [-0.1, -0.05) is 11.6 Å². The quantitative estimate of drug-likeness (QED) is 0.785. The first-order chi connectivity index (χ1) is 7.20. The highest BCUT2D eigenvalue weighted by Crippen LogP contribution is 2.29. The molecular formula is C12H18ClNO. The van der Waals surface area contributed by atoms with Crippen molar-refractivity contribution >= 4 is 11.6 Å². The zero-order valence-electron chi connectivity index (χ0n) is 9.35. The fourth-order valence-electron chi connectivity index (χ4n) is 1.65. The fraction of sp³-hybridized carbons (Fsp3) is 0.500. The monoisotopic (exact) mass is 227 g/mol. The van der Waals surface area contributed by atoms with Crippen LogP contribution in [0.1, 0.15) is 24.0 Å². The molecule has 2 nitrogen and oxygen atoms in total. The first-order valence-corrected chi connectivity index (χ1v) is 5.60. The number of benzene rings is 1. The van der Waals surface area contributed by atoms with Crippen molar-refractivity contribution in [3.05, 3.63) is 28.3 Å². The smallest absolute Gasteiger partial charge is 0.122 e. The molecule has 0 saturated heterocycles. The molecule has 0 fully saturated rings. The number of rotatable bonds is 5. The Morgan fingerprint density at radius 2 is 2.07 bits per heavy atom. The average Bonchev–Trinajstić information content (AvgIpc) is 2.25. The molecule has 1 aromatic rings. The van der Waals surface area contributed by atoms with E-state index in [-0.39, 0.29) is 0 Å². The standard InChI is InChI=1S/C12H18ClNO/c1-9-10(5-3-4-8-14)12(15-2)7-6-11(9)13/h6-7H,3-5,8,14H2,1-2H3. The van der Waals surface area contributed by atoms with Crippen LogP contribution in [0, 0.1) is 6.92 Å². The molecule has 15 heavy (non-hydrogen) atoms. The first kappa shape index (κ1) is 12.3. The van der Waals surface area contributed by atoms with Gasteiger partial charge < -0.3 is 10.5 Å². The molecule has 0 aliphatic heterocycles. The maximum Gasteiger partial charge on any atom is 0.122 e. The summed E-state index contributed by atoms with van der Waals surface area (Å²) >= 11 is 6.08. The van der Waals surface area contributed by atoms with Crippen molar-refractivity contribution in [2.45, 2.75) is 26.2 Å². The summed E-state index contributed by atoms with van der Waals surface area (Å²) in [5.41, 5.74) is 7.80. The van der Waals surface area contributed by atoms with E-state index < -0.39 is 0 Å². The van der Waals surface area contributed by atoms with Gasteiger partial charge in [-0.15, -0.1) is 0 Å². The number of nitrogens with two attached hydrogens (primary N) is 1. The molecule has 0 aliphatic rings. The normalized spacial score (nSPS) is 10.4. The van der Waals surface area contributed by atoms with E-state index in [1.54, 1.807) is 7.11 Å². The van der Waals surface area contributed by atoms with E-state index >= 15 is 0 Å². The van der Waals surface area contributed by atoms with Crippen LogP contribution in [0.2, 0.25) is 5.02 Å². The molecule has 1 rings (SSSR count). The lowest BCUT2D eigenvalue weighted by Gasteiger charge is -2.12. The van der Waals surface area contributed by atoms with Gasteiger partial charge in [0, 0.05) is 5.02 Å². The number of unbranched alkanes of at least 4 members (excludes halogenated alkanes) is 1. The van der Waals surface area contributed by atoms with Gasteiger partial charge in [0.15, 0.2) is 0 Å². The van der Waals surface area contributed by atoms with Crippen LogP contribution in [0.15, 0.2) is 12.1 Å². The van der Waals surface area contributed by atoms with Crippen molar-refractivity contribution in [1.82, 2.24) is 0 Å². The van der Waals surface area contributed by atoms with Crippen LogP contribution >= 0.6 is 11.6 Å². The highest BCUT2D eigenvalue weighted by Gasteiger charge is 2.08. The Kier molecular flexibility index (Phi) is 4.92. The highest BCUT2D eigenvalue weighted by atomic mass is 35.5. The molecule has 0 saturated carbocycles. The van der Waals surface area contributed by atoms with E-state index in [0.717, 1.165) is 42.1 Å². The van der Waals surface area contributed by atoms with E-state index in [1.165, 1.54) is 5.56 Å². The van der Waals surface area contributed by atoms with Crippen molar-refractivity contribution in [2.24, 2.45) is 5.73 Å². The molecule has 2 N–H and O–H groups in total. The molecule has 0 radical (unpaired) electrons. The number of methoxy groups -OCH3 is 1. The fourth-order valence-corrected chi connectivity index (χ4v) is 1.83. The minimum Gasteiger partial charge on any atom is -0.496 e. The lowest BCUT2D eigenvalue weighted by atomic mass is 10.0. The van der Waals surface area contributed by atoms with Gasteiger partial charge in [-0.25, -0.2) is 0 Å². The van der Waals surface area contributed by atoms with Gasteiger partial charge in [0.25, 0.3) is 0 Å². The minimum atomic E-state index is 0.738. The molecule has 0 bridgehead atoms. The van der Waals surface area contributed by atoms with Gasteiger partial charge in [-0.2, -0.15) is 0 Å². The van der Waals surface area contributed by atoms with Gasteiger partial charge in [0.1, 0.15) is 5.75 Å². The highest BCUT2D eigenvalue weighted by molar-refractivity contribution is 6.31. The maximum absolute atomic E-state index is 6.08. The molecule has 84 valence electrons. The van der Waals surface area contributed by atoms with E-state index in [9.17, 15) is 0 Å². The number of halogens is 1. The Balaban J connectivity index is 2.86. The molecule has 3 heteroatoms. The van der Waals surface area contributed by atoms with E-state index in [2.05, 4.69) is 0 Å². The summed E-state index contributed by atoms with van der Waals surface area (Å²) in [5, 5.41) is 0.804. The van der Waals surface area contributed by atoms with Crippen molar-refractivity contribution in [3.63, 3.8) is 0 Å². The number of hydrogen-bond donors (Lipinski definition) is 1. The number of ether oxygens (including phenoxy) is 1. The summed E-state index contributed by atoms with van der Waals surface area (Å²) in [7, 11) is 1.69. The van der Waals surface area contributed by atoms with Crippen molar-refractivity contribution in [3.8, 4) is 5.75 Å². The second-order valence-electron chi connectivity index (χ2n) is 3.60. The molecule has 0 unspecified atom stereocenters. The second-order valence-corrected chi connectivity index (χ2v) is 4.01. The van der Waals surface area contributed by atoms with Crippen molar-refractivity contribution in [2.75, 3.05) is 13.7 Å². The Hall–Kier alpha value is -0.730. The van der Waals surface area contributed by atoms with Crippen molar-refractivity contribution < 1.29 is 4.74 Å². The van der Waals surface area contributed by atoms with Crippen LogP contribution < -0.4 is 10.5 Å². The molecule has 1 aromatic carbocycles. The van der Waals surface area contributed by atoms with Gasteiger partial charge in [-0.05, 0) is 56.0 Å². The third kappa shape index (κ3) is 3.11. The molecule has 0 atom stereocenters. The summed E-state index contributed by atoms with van der Waals surface area (Å²) in [6.07, 6.45) is 3.09. The summed E-state index contributed by atoms with van der Waals surface area (Å²) in [6.45, 7) is 2.77. The van der Waals surface area contributed by atoms with Gasteiger partial charge >= 0.3 is 0 Å². The second kappa shape index (κ2) is 5.99. The maximum atomic E-state index is 6.08. The van der Waals surface area contributed by atoms with Crippen LogP contribution in [0.25, 0.3) is 0 Å². The van der Waals surface area contributed by atoms with Crippen LogP contribution in [-0.2, 0) is 6.42 Å². The lowest BCUT2D eigenvalue weighted by molar-refractivity contribution is 0.408.